The Morgan fingerprint density at radius 1 is 1.28 bits per heavy atom. The molecule has 1 aromatic rings. The van der Waals surface area contributed by atoms with Crippen molar-refractivity contribution in [1.29, 1.82) is 5.26 Å². The summed E-state index contributed by atoms with van der Waals surface area (Å²) in [5.41, 5.74) is 1.71. The van der Waals surface area contributed by atoms with Crippen molar-refractivity contribution in [3.05, 3.63) is 35.4 Å². The molecule has 2 heteroatoms. The fraction of sp³-hybridized carbons (Fsp3) is 0.562. The fourth-order valence-corrected chi connectivity index (χ4v) is 1.99. The van der Waals surface area contributed by atoms with Crippen molar-refractivity contribution in [3.8, 4) is 6.07 Å². The molecule has 0 radical (unpaired) electrons. The van der Waals surface area contributed by atoms with Crippen molar-refractivity contribution < 1.29 is 4.74 Å². The van der Waals surface area contributed by atoms with Crippen LogP contribution in [0.15, 0.2) is 24.3 Å². The maximum absolute atomic E-state index is 8.98. The molecule has 1 aromatic carbocycles. The summed E-state index contributed by atoms with van der Waals surface area (Å²) < 4.78 is 5.76. The Morgan fingerprint density at radius 2 is 2.06 bits per heavy atom. The van der Waals surface area contributed by atoms with Gasteiger partial charge in [-0.15, -0.1) is 0 Å². The first-order valence-electron chi connectivity index (χ1n) is 6.87. The number of benzene rings is 1. The molecule has 0 aliphatic carbocycles. The molecule has 1 atom stereocenters. The Morgan fingerprint density at radius 3 is 2.72 bits per heavy atom. The zero-order chi connectivity index (χ0) is 13.2. The molecule has 0 aliphatic heterocycles. The van der Waals surface area contributed by atoms with Gasteiger partial charge in [-0.25, -0.2) is 0 Å². The first-order chi connectivity index (χ1) is 8.81. The summed E-state index contributed by atoms with van der Waals surface area (Å²) in [5, 5.41) is 8.98. The molecule has 18 heavy (non-hydrogen) atoms. The number of hydrogen-bond donors (Lipinski definition) is 0. The lowest BCUT2D eigenvalue weighted by molar-refractivity contribution is 0.0818. The molecule has 1 unspecified atom stereocenters. The average molecular weight is 245 g/mol. The van der Waals surface area contributed by atoms with Gasteiger partial charge in [0.25, 0.3) is 0 Å². The van der Waals surface area contributed by atoms with E-state index in [0.29, 0.717) is 12.5 Å². The zero-order valence-corrected chi connectivity index (χ0v) is 11.5. The monoisotopic (exact) mass is 245 g/mol. The van der Waals surface area contributed by atoms with Gasteiger partial charge in [0.05, 0.1) is 18.2 Å². The molecule has 0 fully saturated rings. The van der Waals surface area contributed by atoms with Crippen molar-refractivity contribution in [1.82, 2.24) is 0 Å². The second-order valence-corrected chi connectivity index (χ2v) is 4.70. The number of hydrogen-bond acceptors (Lipinski definition) is 2. The topological polar surface area (TPSA) is 33.0 Å². The summed E-state index contributed by atoms with van der Waals surface area (Å²) >= 11 is 0. The average Bonchev–Trinajstić information content (AvgIpc) is 2.43. The van der Waals surface area contributed by atoms with Gasteiger partial charge in [-0.1, -0.05) is 51.3 Å². The van der Waals surface area contributed by atoms with Crippen molar-refractivity contribution >= 4 is 0 Å². The summed E-state index contributed by atoms with van der Waals surface area (Å²) in [4.78, 5) is 0. The van der Waals surface area contributed by atoms with E-state index in [-0.39, 0.29) is 0 Å². The first kappa shape index (κ1) is 14.7. The maximum atomic E-state index is 8.98. The van der Waals surface area contributed by atoms with Gasteiger partial charge in [0.2, 0.25) is 0 Å². The van der Waals surface area contributed by atoms with Gasteiger partial charge < -0.3 is 4.74 Å². The van der Waals surface area contributed by atoms with E-state index in [1.165, 1.54) is 25.7 Å². The van der Waals surface area contributed by atoms with E-state index >= 15 is 0 Å². The second kappa shape index (κ2) is 8.72. The molecule has 98 valence electrons. The van der Waals surface area contributed by atoms with Crippen LogP contribution in [0.1, 0.15) is 50.7 Å². The third-order valence-corrected chi connectivity index (χ3v) is 3.29. The minimum Gasteiger partial charge on any atom is -0.376 e. The van der Waals surface area contributed by atoms with Gasteiger partial charge in [-0.05, 0) is 24.0 Å². The van der Waals surface area contributed by atoms with E-state index < -0.39 is 0 Å². The maximum Gasteiger partial charge on any atom is 0.0995 e. The van der Waals surface area contributed by atoms with Crippen LogP contribution < -0.4 is 0 Å². The van der Waals surface area contributed by atoms with Crippen LogP contribution in [0.3, 0.4) is 0 Å². The van der Waals surface area contributed by atoms with Gasteiger partial charge in [-0.3, -0.25) is 0 Å². The lowest BCUT2D eigenvalue weighted by Gasteiger charge is -2.15. The molecular weight excluding hydrogens is 222 g/mol. The summed E-state index contributed by atoms with van der Waals surface area (Å²) in [6, 6.07) is 9.85. The Hall–Kier alpha value is -1.33. The van der Waals surface area contributed by atoms with E-state index in [2.05, 4.69) is 19.9 Å². The van der Waals surface area contributed by atoms with E-state index in [1.807, 2.05) is 24.3 Å². The largest absolute Gasteiger partial charge is 0.376 e. The molecule has 0 bridgehead atoms. The molecule has 0 saturated carbocycles. The lowest BCUT2D eigenvalue weighted by Crippen LogP contribution is -2.09. The molecule has 0 spiro atoms. The van der Waals surface area contributed by atoms with Crippen molar-refractivity contribution in [3.63, 3.8) is 0 Å². The highest BCUT2D eigenvalue weighted by Crippen LogP contribution is 2.15. The number of nitrogens with zero attached hydrogens (tertiary/aromatic N) is 1. The summed E-state index contributed by atoms with van der Waals surface area (Å²) in [6.07, 6.45) is 4.93. The summed E-state index contributed by atoms with van der Waals surface area (Å²) in [6.45, 7) is 5.78. The molecule has 2 nitrogen and oxygen atoms in total. The van der Waals surface area contributed by atoms with Gasteiger partial charge in [0.1, 0.15) is 0 Å². The van der Waals surface area contributed by atoms with Gasteiger partial charge in [0.15, 0.2) is 0 Å². The smallest absolute Gasteiger partial charge is 0.0995 e. The highest BCUT2D eigenvalue weighted by Gasteiger charge is 2.07. The Labute approximate surface area is 111 Å². The second-order valence-electron chi connectivity index (χ2n) is 4.70. The highest BCUT2D eigenvalue weighted by atomic mass is 16.5. The van der Waals surface area contributed by atoms with Crippen LogP contribution in [0.2, 0.25) is 0 Å². The van der Waals surface area contributed by atoms with Gasteiger partial charge in [0, 0.05) is 6.61 Å². The highest BCUT2D eigenvalue weighted by molar-refractivity contribution is 5.36. The number of ether oxygens (including phenoxy) is 1. The molecule has 0 heterocycles. The molecule has 0 amide bonds. The van der Waals surface area contributed by atoms with Crippen molar-refractivity contribution in [2.45, 2.75) is 46.1 Å². The standard InChI is InChI=1S/C16H23NO/c1-3-5-8-14(4-2)12-18-13-16-10-7-6-9-15(16)11-17/h6-7,9-10,14H,3-5,8,12-13H2,1-2H3. The lowest BCUT2D eigenvalue weighted by atomic mass is 10.0. The van der Waals surface area contributed by atoms with E-state index in [9.17, 15) is 0 Å². The van der Waals surface area contributed by atoms with Crippen LogP contribution in [0.5, 0.6) is 0 Å². The predicted octanol–water partition coefficient (Wildman–Crippen LogP) is 4.29. The van der Waals surface area contributed by atoms with E-state index in [0.717, 1.165) is 17.7 Å². The first-order valence-corrected chi connectivity index (χ1v) is 6.87. The number of unbranched alkanes of at least 4 members (excludes halogenated alkanes) is 1. The number of nitriles is 1. The van der Waals surface area contributed by atoms with E-state index in [1.54, 1.807) is 0 Å². The summed E-state index contributed by atoms with van der Waals surface area (Å²) in [7, 11) is 0. The van der Waals surface area contributed by atoms with Crippen molar-refractivity contribution in [2.75, 3.05) is 6.61 Å². The third kappa shape index (κ3) is 4.89. The van der Waals surface area contributed by atoms with Crippen LogP contribution in [-0.4, -0.2) is 6.61 Å². The fourth-order valence-electron chi connectivity index (χ4n) is 1.99. The van der Waals surface area contributed by atoms with Crippen molar-refractivity contribution in [2.24, 2.45) is 5.92 Å². The van der Waals surface area contributed by atoms with Crippen LogP contribution in [0.25, 0.3) is 0 Å². The predicted molar refractivity (Wildman–Crippen MR) is 74.1 cm³/mol. The zero-order valence-electron chi connectivity index (χ0n) is 11.5. The molecule has 1 rings (SSSR count). The Balaban J connectivity index is 2.38. The van der Waals surface area contributed by atoms with Gasteiger partial charge in [-0.2, -0.15) is 5.26 Å². The summed E-state index contributed by atoms with van der Waals surface area (Å²) in [5.74, 6) is 0.652. The molecule has 0 N–H and O–H groups in total. The minimum atomic E-state index is 0.548. The molecule has 0 aliphatic rings. The Bertz CT molecular complexity index is 381. The molecular formula is C16H23NO. The van der Waals surface area contributed by atoms with Crippen LogP contribution in [0.4, 0.5) is 0 Å². The minimum absolute atomic E-state index is 0.548. The quantitative estimate of drug-likeness (QED) is 0.684. The number of rotatable bonds is 8. The van der Waals surface area contributed by atoms with Crippen LogP contribution in [0, 0.1) is 17.2 Å². The van der Waals surface area contributed by atoms with Crippen LogP contribution >= 0.6 is 0 Å². The third-order valence-electron chi connectivity index (χ3n) is 3.29. The molecule has 0 saturated heterocycles. The van der Waals surface area contributed by atoms with Crippen LogP contribution in [-0.2, 0) is 11.3 Å². The SMILES string of the molecule is CCCCC(CC)COCc1ccccc1C#N. The molecule has 0 aromatic heterocycles. The van der Waals surface area contributed by atoms with Gasteiger partial charge >= 0.3 is 0 Å². The Kier molecular flexibility index (Phi) is 7.13. The van der Waals surface area contributed by atoms with E-state index in [4.69, 9.17) is 10.00 Å². The normalized spacial score (nSPS) is 12.1.